The molecule has 0 radical (unpaired) electrons. The summed E-state index contributed by atoms with van der Waals surface area (Å²) >= 11 is 0. The summed E-state index contributed by atoms with van der Waals surface area (Å²) in [6.07, 6.45) is 20.0. The molecule has 0 aromatic carbocycles. The van der Waals surface area contributed by atoms with E-state index in [2.05, 4.69) is 13.8 Å². The van der Waals surface area contributed by atoms with Crippen molar-refractivity contribution < 1.29 is 23.8 Å². The van der Waals surface area contributed by atoms with Crippen LogP contribution in [-0.4, -0.2) is 37.9 Å². The minimum absolute atomic E-state index is 0.0323. The van der Waals surface area contributed by atoms with Gasteiger partial charge in [0.2, 0.25) is 0 Å². The van der Waals surface area contributed by atoms with Gasteiger partial charge in [-0.15, -0.1) is 0 Å². The highest BCUT2D eigenvalue weighted by molar-refractivity contribution is 5.99. The number of methoxy groups -OCH3 is 1. The van der Waals surface area contributed by atoms with Crippen molar-refractivity contribution in [1.82, 2.24) is 0 Å². The highest BCUT2D eigenvalue weighted by Gasteiger charge is 2.30. The Bertz CT molecular complexity index is 487. The van der Waals surface area contributed by atoms with Gasteiger partial charge in [0.15, 0.2) is 6.29 Å². The molecule has 33 heavy (non-hydrogen) atoms. The normalized spacial score (nSPS) is 18.1. The minimum Gasteiger partial charge on any atom is -0.468 e. The van der Waals surface area contributed by atoms with Crippen LogP contribution in [0.1, 0.15) is 136 Å². The van der Waals surface area contributed by atoms with Crippen molar-refractivity contribution in [1.29, 1.82) is 0 Å². The van der Waals surface area contributed by atoms with Gasteiger partial charge in [-0.05, 0) is 32.1 Å². The summed E-state index contributed by atoms with van der Waals surface area (Å²) in [5.41, 5.74) is 0. The molecule has 5 heteroatoms. The number of unbranched alkanes of at least 4 members (excludes halogenated alkanes) is 11. The zero-order valence-corrected chi connectivity index (χ0v) is 21.9. The lowest BCUT2D eigenvalue weighted by Gasteiger charge is -2.28. The Hall–Kier alpha value is -0.940. The first-order valence-electron chi connectivity index (χ1n) is 14.0. The molecule has 3 unspecified atom stereocenters. The minimum atomic E-state index is -0.659. The second-order valence-corrected chi connectivity index (χ2v) is 9.77. The Morgan fingerprint density at radius 2 is 1.39 bits per heavy atom. The van der Waals surface area contributed by atoms with Crippen LogP contribution in [0, 0.1) is 5.92 Å². The largest absolute Gasteiger partial charge is 0.468 e. The van der Waals surface area contributed by atoms with E-state index in [1.165, 1.54) is 58.5 Å². The monoisotopic (exact) mass is 468 g/mol. The van der Waals surface area contributed by atoms with Gasteiger partial charge < -0.3 is 14.2 Å². The van der Waals surface area contributed by atoms with E-state index in [4.69, 9.17) is 14.2 Å². The molecule has 3 atom stereocenters. The average Bonchev–Trinajstić information content (AvgIpc) is 2.83. The van der Waals surface area contributed by atoms with Crippen LogP contribution in [-0.2, 0) is 23.8 Å². The van der Waals surface area contributed by atoms with Crippen molar-refractivity contribution in [2.24, 2.45) is 5.92 Å². The van der Waals surface area contributed by atoms with Crippen LogP contribution in [0.4, 0.5) is 0 Å². The lowest BCUT2D eigenvalue weighted by molar-refractivity contribution is -0.191. The Morgan fingerprint density at radius 3 is 1.97 bits per heavy atom. The summed E-state index contributed by atoms with van der Waals surface area (Å²) in [6, 6.07) is 0. The van der Waals surface area contributed by atoms with Gasteiger partial charge in [-0.2, -0.15) is 0 Å². The molecule has 1 saturated heterocycles. The van der Waals surface area contributed by atoms with Gasteiger partial charge in [-0.3, -0.25) is 9.59 Å². The van der Waals surface area contributed by atoms with Crippen molar-refractivity contribution >= 4 is 11.8 Å². The molecule has 1 fully saturated rings. The summed E-state index contributed by atoms with van der Waals surface area (Å²) in [4.78, 5) is 25.4. The first-order chi connectivity index (χ1) is 16.1. The number of ketones is 1. The van der Waals surface area contributed by atoms with Crippen molar-refractivity contribution in [3.63, 3.8) is 0 Å². The van der Waals surface area contributed by atoms with Gasteiger partial charge in [0.1, 0.15) is 11.7 Å². The van der Waals surface area contributed by atoms with Gasteiger partial charge >= 0.3 is 5.97 Å². The third kappa shape index (κ3) is 14.8. The van der Waals surface area contributed by atoms with Crippen LogP contribution in [0.25, 0.3) is 0 Å². The van der Waals surface area contributed by atoms with Gasteiger partial charge in [0.05, 0.1) is 13.2 Å². The molecule has 1 heterocycles. The predicted octanol–water partition coefficient (Wildman–Crippen LogP) is 7.54. The van der Waals surface area contributed by atoms with Crippen LogP contribution in [0.2, 0.25) is 0 Å². The van der Waals surface area contributed by atoms with Gasteiger partial charge in [0, 0.05) is 13.0 Å². The summed E-state index contributed by atoms with van der Waals surface area (Å²) in [5, 5.41) is 0. The molecule has 0 saturated carbocycles. The van der Waals surface area contributed by atoms with E-state index in [-0.39, 0.29) is 24.6 Å². The van der Waals surface area contributed by atoms with E-state index in [0.717, 1.165) is 64.4 Å². The van der Waals surface area contributed by atoms with Crippen molar-refractivity contribution in [3.8, 4) is 0 Å². The van der Waals surface area contributed by atoms with Crippen LogP contribution in [0.5, 0.6) is 0 Å². The zero-order chi connectivity index (χ0) is 24.2. The Labute approximate surface area is 203 Å². The number of rotatable bonds is 21. The second kappa shape index (κ2) is 20.4. The number of carbonyl (C=O) groups is 2. The molecular formula is C28H52O5. The number of esters is 1. The predicted molar refractivity (Wildman–Crippen MR) is 134 cm³/mol. The molecule has 0 spiro atoms. The molecular weight excluding hydrogens is 416 g/mol. The molecule has 0 bridgehead atoms. The van der Waals surface area contributed by atoms with E-state index < -0.39 is 11.9 Å². The fraction of sp³-hybridized carbons (Fsp3) is 0.929. The second-order valence-electron chi connectivity index (χ2n) is 9.77. The number of hydrogen-bond acceptors (Lipinski definition) is 5. The highest BCUT2D eigenvalue weighted by atomic mass is 16.7. The molecule has 1 rings (SSSR count). The molecule has 0 aromatic rings. The Kier molecular flexibility index (Phi) is 18.6. The zero-order valence-electron chi connectivity index (χ0n) is 21.9. The van der Waals surface area contributed by atoms with E-state index in [0.29, 0.717) is 6.42 Å². The maximum absolute atomic E-state index is 13.1. The van der Waals surface area contributed by atoms with Gasteiger partial charge in [0.25, 0.3) is 0 Å². The average molecular weight is 469 g/mol. The van der Waals surface area contributed by atoms with E-state index in [1.54, 1.807) is 0 Å². The third-order valence-corrected chi connectivity index (χ3v) is 6.76. The number of hydrogen-bond donors (Lipinski definition) is 0. The SMILES string of the molecule is CCCCCCCCCCCC(CC(=O)C(CCCCCC)C(=O)OC)OC1CCCCO1. The van der Waals surface area contributed by atoms with Crippen molar-refractivity contribution in [2.75, 3.05) is 13.7 Å². The van der Waals surface area contributed by atoms with Crippen LogP contribution >= 0.6 is 0 Å². The summed E-state index contributed by atoms with van der Waals surface area (Å²) < 4.78 is 17.0. The molecule has 1 aliphatic heterocycles. The van der Waals surface area contributed by atoms with Crippen LogP contribution < -0.4 is 0 Å². The Balaban J connectivity index is 2.51. The van der Waals surface area contributed by atoms with Crippen LogP contribution in [0.15, 0.2) is 0 Å². The standard InChI is InChI=1S/C28H52O5/c1-4-6-8-10-11-12-13-14-15-19-24(33-27-21-17-18-22-32-27)23-26(29)25(28(30)31-3)20-16-9-7-5-2/h24-25,27H,4-23H2,1-3H3. The van der Waals surface area contributed by atoms with Gasteiger partial charge in [-0.1, -0.05) is 97.3 Å². The first-order valence-corrected chi connectivity index (χ1v) is 14.0. The maximum atomic E-state index is 13.1. The summed E-state index contributed by atoms with van der Waals surface area (Å²) in [5.74, 6) is -1.09. The quantitative estimate of drug-likeness (QED) is 0.0989. The highest BCUT2D eigenvalue weighted by Crippen LogP contribution is 2.23. The molecule has 0 aliphatic carbocycles. The van der Waals surface area contributed by atoms with Gasteiger partial charge in [-0.25, -0.2) is 0 Å². The molecule has 0 N–H and O–H groups in total. The molecule has 194 valence electrons. The molecule has 1 aliphatic rings. The van der Waals surface area contributed by atoms with E-state index >= 15 is 0 Å². The fourth-order valence-electron chi connectivity index (χ4n) is 4.63. The van der Waals surface area contributed by atoms with Crippen molar-refractivity contribution in [3.05, 3.63) is 0 Å². The fourth-order valence-corrected chi connectivity index (χ4v) is 4.63. The van der Waals surface area contributed by atoms with Crippen LogP contribution in [0.3, 0.4) is 0 Å². The lowest BCUT2D eigenvalue weighted by Crippen LogP contribution is -2.33. The number of carbonyl (C=O) groups excluding carboxylic acids is 2. The number of ether oxygens (including phenoxy) is 3. The summed E-state index contributed by atoms with van der Waals surface area (Å²) in [6.45, 7) is 5.14. The summed E-state index contributed by atoms with van der Waals surface area (Å²) in [7, 11) is 1.38. The topological polar surface area (TPSA) is 61.8 Å². The third-order valence-electron chi connectivity index (χ3n) is 6.76. The Morgan fingerprint density at radius 1 is 0.818 bits per heavy atom. The molecule has 0 aromatic heterocycles. The van der Waals surface area contributed by atoms with Crippen molar-refractivity contribution in [2.45, 2.75) is 148 Å². The molecule has 5 nitrogen and oxygen atoms in total. The maximum Gasteiger partial charge on any atom is 0.316 e. The first kappa shape index (κ1) is 30.1. The smallest absolute Gasteiger partial charge is 0.316 e. The number of Topliss-reactive ketones (excluding diaryl/α,β-unsaturated/α-hetero) is 1. The molecule has 0 amide bonds. The lowest BCUT2D eigenvalue weighted by atomic mass is 9.92. The van der Waals surface area contributed by atoms with E-state index in [1.807, 2.05) is 0 Å². The van der Waals surface area contributed by atoms with E-state index in [9.17, 15) is 9.59 Å².